The molecule has 0 spiro atoms. The van der Waals surface area contributed by atoms with Gasteiger partial charge in [0.1, 0.15) is 18.1 Å². The zero-order valence-electron chi connectivity index (χ0n) is 24.1. The van der Waals surface area contributed by atoms with Crippen molar-refractivity contribution in [3.8, 4) is 17.6 Å². The smallest absolute Gasteiger partial charge is 0.338 e. The van der Waals surface area contributed by atoms with Crippen molar-refractivity contribution in [1.29, 1.82) is 5.26 Å². The second kappa shape index (κ2) is 13.6. The van der Waals surface area contributed by atoms with Gasteiger partial charge >= 0.3 is 5.97 Å². The number of fused-ring (bicyclic) bond motifs is 1. The molecule has 224 valence electrons. The molecule has 4 aromatic rings. The first-order chi connectivity index (χ1) is 21.2. The molecule has 3 aromatic carbocycles. The lowest BCUT2D eigenvalue weighted by molar-refractivity contribution is -0.139. The molecule has 44 heavy (non-hydrogen) atoms. The van der Waals surface area contributed by atoms with Gasteiger partial charge in [-0.2, -0.15) is 5.26 Å². The van der Waals surface area contributed by atoms with Crippen molar-refractivity contribution in [3.05, 3.63) is 123 Å². The van der Waals surface area contributed by atoms with E-state index >= 15 is 0 Å². The van der Waals surface area contributed by atoms with E-state index in [9.17, 15) is 9.59 Å². The third-order valence-electron chi connectivity index (χ3n) is 6.81. The van der Waals surface area contributed by atoms with Gasteiger partial charge in [-0.25, -0.2) is 9.79 Å². The highest BCUT2D eigenvalue weighted by molar-refractivity contribution is 9.10. The fourth-order valence-electron chi connectivity index (χ4n) is 4.83. The lowest BCUT2D eigenvalue weighted by atomic mass is 9.96. The molecule has 0 aliphatic carbocycles. The normalized spacial score (nSPS) is 14.5. The van der Waals surface area contributed by atoms with Crippen LogP contribution in [0, 0.1) is 11.3 Å². The minimum Gasteiger partial charge on any atom is -0.494 e. The van der Waals surface area contributed by atoms with Gasteiger partial charge in [-0.3, -0.25) is 9.36 Å². The van der Waals surface area contributed by atoms with Gasteiger partial charge in [0, 0.05) is 10.6 Å². The maximum Gasteiger partial charge on any atom is 0.338 e. The van der Waals surface area contributed by atoms with Gasteiger partial charge in [-0.05, 0) is 90.3 Å². The van der Waals surface area contributed by atoms with Crippen molar-refractivity contribution in [2.75, 3.05) is 13.2 Å². The maximum absolute atomic E-state index is 14.1. The molecule has 1 aliphatic heterocycles. The van der Waals surface area contributed by atoms with Crippen molar-refractivity contribution >= 4 is 50.9 Å². The number of hydrogen-bond acceptors (Lipinski definition) is 8. The Morgan fingerprint density at radius 2 is 1.84 bits per heavy atom. The number of thiazole rings is 1. The highest BCUT2D eigenvalue weighted by Crippen LogP contribution is 2.35. The minimum absolute atomic E-state index is 0.185. The van der Waals surface area contributed by atoms with Crippen LogP contribution in [0.2, 0.25) is 5.02 Å². The lowest BCUT2D eigenvalue weighted by Crippen LogP contribution is -2.39. The van der Waals surface area contributed by atoms with E-state index in [2.05, 4.69) is 27.0 Å². The van der Waals surface area contributed by atoms with Crippen LogP contribution in [0.1, 0.15) is 49.1 Å². The summed E-state index contributed by atoms with van der Waals surface area (Å²) in [5, 5.41) is 9.54. The molecule has 0 amide bonds. The van der Waals surface area contributed by atoms with E-state index in [0.29, 0.717) is 59.3 Å². The third-order valence-corrected chi connectivity index (χ3v) is 8.60. The van der Waals surface area contributed by atoms with Gasteiger partial charge in [-0.15, -0.1) is 0 Å². The molecule has 8 nitrogen and oxygen atoms in total. The van der Waals surface area contributed by atoms with Crippen molar-refractivity contribution < 1.29 is 19.0 Å². The number of esters is 1. The molecular weight excluding hydrogens is 666 g/mol. The number of hydrogen-bond donors (Lipinski definition) is 0. The number of rotatable bonds is 9. The van der Waals surface area contributed by atoms with Crippen molar-refractivity contribution in [2.45, 2.75) is 33.4 Å². The quantitative estimate of drug-likeness (QED) is 0.198. The molecular formula is C33H27BrClN3O5S. The first-order valence-electron chi connectivity index (χ1n) is 13.8. The van der Waals surface area contributed by atoms with Crippen LogP contribution in [0.3, 0.4) is 0 Å². The average molecular weight is 693 g/mol. The van der Waals surface area contributed by atoms with Gasteiger partial charge in [0.25, 0.3) is 5.56 Å². The molecule has 0 fully saturated rings. The van der Waals surface area contributed by atoms with Gasteiger partial charge in [0.15, 0.2) is 4.80 Å². The second-order valence-corrected chi connectivity index (χ2v) is 12.0. The second-order valence-electron chi connectivity index (χ2n) is 9.71. The highest BCUT2D eigenvalue weighted by atomic mass is 79.9. The Labute approximate surface area is 271 Å². The monoisotopic (exact) mass is 691 g/mol. The van der Waals surface area contributed by atoms with Gasteiger partial charge < -0.3 is 14.2 Å². The Morgan fingerprint density at radius 1 is 1.11 bits per heavy atom. The standard InChI is InChI=1S/C33H27BrClN3O5S/c1-4-41-25-12-10-22(11-13-25)29-28(32(40)42-5-2)19(3)37-33-38(29)31(39)27(44-33)15-23-14-24(35)16-26(34)30(23)43-18-21-8-6-20(17-36)7-9-21/h6-16,29H,4-5,18H2,1-3H3/b27-15-/t29-/m1/s1. The fourth-order valence-corrected chi connectivity index (χ4v) is 6.82. The van der Waals surface area contributed by atoms with Crippen molar-refractivity contribution in [2.24, 2.45) is 4.99 Å². The number of carbonyl (C=O) groups excluding carboxylic acids is 1. The molecule has 2 heterocycles. The molecule has 0 N–H and O–H groups in total. The van der Waals surface area contributed by atoms with Crippen LogP contribution in [0.5, 0.6) is 11.5 Å². The molecule has 11 heteroatoms. The number of allylic oxidation sites excluding steroid dienone is 1. The third kappa shape index (κ3) is 6.50. The zero-order chi connectivity index (χ0) is 31.4. The van der Waals surface area contributed by atoms with Crippen LogP contribution >= 0.6 is 38.9 Å². The summed E-state index contributed by atoms with van der Waals surface area (Å²) < 4.78 is 19.7. The molecule has 1 atom stereocenters. The Kier molecular flexibility index (Phi) is 9.69. The lowest BCUT2D eigenvalue weighted by Gasteiger charge is -2.24. The molecule has 1 aliphatic rings. The summed E-state index contributed by atoms with van der Waals surface area (Å²) in [6.45, 7) is 6.31. The molecule has 0 unspecified atom stereocenters. The first-order valence-corrected chi connectivity index (χ1v) is 15.8. The first kappa shape index (κ1) is 31.3. The highest BCUT2D eigenvalue weighted by Gasteiger charge is 2.33. The Hall–Kier alpha value is -4.17. The van der Waals surface area contributed by atoms with E-state index in [4.69, 9.17) is 31.1 Å². The summed E-state index contributed by atoms with van der Waals surface area (Å²) in [6, 6.07) is 19.2. The maximum atomic E-state index is 14.1. The molecule has 0 bridgehead atoms. The van der Waals surface area contributed by atoms with Crippen LogP contribution in [0.4, 0.5) is 0 Å². The van der Waals surface area contributed by atoms with E-state index in [1.165, 1.54) is 15.9 Å². The molecule has 0 saturated heterocycles. The SMILES string of the molecule is CCOC(=O)C1=C(C)N=c2s/c(=C\c3cc(Cl)cc(Br)c3OCc3ccc(C#N)cc3)c(=O)n2[C@@H]1c1ccc(OCC)cc1. The summed E-state index contributed by atoms with van der Waals surface area (Å²) in [7, 11) is 0. The number of benzene rings is 3. The summed E-state index contributed by atoms with van der Waals surface area (Å²) >= 11 is 11.2. The number of nitrogens with zero attached hydrogens (tertiary/aromatic N) is 3. The predicted molar refractivity (Wildman–Crippen MR) is 173 cm³/mol. The van der Waals surface area contributed by atoms with Crippen LogP contribution in [-0.4, -0.2) is 23.8 Å². The minimum atomic E-state index is -0.749. The molecule has 0 radical (unpaired) electrons. The van der Waals surface area contributed by atoms with Gasteiger partial charge in [-0.1, -0.05) is 47.2 Å². The van der Waals surface area contributed by atoms with Gasteiger partial charge in [0.2, 0.25) is 0 Å². The van der Waals surface area contributed by atoms with Crippen molar-refractivity contribution in [3.63, 3.8) is 0 Å². The van der Waals surface area contributed by atoms with Crippen molar-refractivity contribution in [1.82, 2.24) is 4.57 Å². The fraction of sp³-hybridized carbons (Fsp3) is 0.212. The summed E-state index contributed by atoms with van der Waals surface area (Å²) in [6.07, 6.45) is 1.72. The topological polar surface area (TPSA) is 103 Å². The summed E-state index contributed by atoms with van der Waals surface area (Å²) in [4.78, 5) is 32.4. The average Bonchev–Trinajstić information content (AvgIpc) is 3.30. The number of aromatic nitrogens is 1. The number of carbonyl (C=O) groups is 1. The van der Waals surface area contributed by atoms with Gasteiger partial charge in [0.05, 0.1) is 51.2 Å². The Morgan fingerprint density at radius 3 is 2.50 bits per heavy atom. The van der Waals surface area contributed by atoms with E-state index in [0.717, 1.165) is 11.1 Å². The summed E-state index contributed by atoms with van der Waals surface area (Å²) in [5.74, 6) is 0.650. The number of ether oxygens (including phenoxy) is 3. The molecule has 5 rings (SSSR count). The van der Waals surface area contributed by atoms with Crippen LogP contribution in [0.25, 0.3) is 6.08 Å². The number of nitriles is 1. The summed E-state index contributed by atoms with van der Waals surface area (Å²) in [5.41, 5.74) is 3.18. The van der Waals surface area contributed by atoms with Crippen LogP contribution in [-0.2, 0) is 16.1 Å². The zero-order valence-corrected chi connectivity index (χ0v) is 27.3. The van der Waals surface area contributed by atoms with E-state index < -0.39 is 12.0 Å². The van der Waals surface area contributed by atoms with E-state index in [1.54, 1.807) is 44.2 Å². The number of halogens is 2. The van der Waals surface area contributed by atoms with Crippen LogP contribution < -0.4 is 24.4 Å². The van der Waals surface area contributed by atoms with E-state index in [-0.39, 0.29) is 18.8 Å². The van der Waals surface area contributed by atoms with Crippen LogP contribution in [0.15, 0.2) is 86.2 Å². The molecule has 1 aromatic heterocycles. The Bertz CT molecular complexity index is 1980. The predicted octanol–water partition coefficient (Wildman–Crippen LogP) is 6.06. The largest absolute Gasteiger partial charge is 0.494 e. The molecule has 0 saturated carbocycles. The Balaban J connectivity index is 1.61. The van der Waals surface area contributed by atoms with E-state index in [1.807, 2.05) is 43.3 Å².